The molecule has 4 atom stereocenters. The second-order valence-corrected chi connectivity index (χ2v) is 6.97. The van der Waals surface area contributed by atoms with Gasteiger partial charge in [-0.05, 0) is 38.1 Å². The molecule has 1 fully saturated rings. The minimum absolute atomic E-state index is 0.199. The molecule has 1 unspecified atom stereocenters. The van der Waals surface area contributed by atoms with Gasteiger partial charge in [0.25, 0.3) is 0 Å². The number of carbonyl (C=O) groups is 2. The van der Waals surface area contributed by atoms with Crippen LogP contribution < -0.4 is 0 Å². The highest BCUT2D eigenvalue weighted by Gasteiger charge is 2.47. The molecule has 7 heteroatoms. The first-order valence-electron chi connectivity index (χ1n) is 9.27. The average Bonchev–Trinajstić information content (AvgIpc) is 3.02. The molecule has 2 aromatic rings. The van der Waals surface area contributed by atoms with Crippen molar-refractivity contribution in [1.82, 2.24) is 0 Å². The third kappa shape index (κ3) is 5.00. The molecule has 1 N–H and O–H groups in total. The third-order valence-corrected chi connectivity index (χ3v) is 4.72. The minimum Gasteiger partial charge on any atom is -0.459 e. The second-order valence-electron chi connectivity index (χ2n) is 6.97. The molecule has 154 valence electrons. The summed E-state index contributed by atoms with van der Waals surface area (Å²) in [5.74, 6) is -1.14. The highest BCUT2D eigenvalue weighted by molar-refractivity contribution is 5.90. The number of carbonyl (C=O) groups excluding carboxylic acids is 2. The highest BCUT2D eigenvalue weighted by atomic mass is 16.7. The maximum Gasteiger partial charge on any atom is 0.338 e. The Morgan fingerprint density at radius 1 is 0.931 bits per heavy atom. The van der Waals surface area contributed by atoms with Gasteiger partial charge in [-0.1, -0.05) is 35.4 Å². The Labute approximate surface area is 169 Å². The van der Waals surface area contributed by atoms with Gasteiger partial charge in [0.1, 0.15) is 18.8 Å². The summed E-state index contributed by atoms with van der Waals surface area (Å²) >= 11 is 0. The zero-order valence-corrected chi connectivity index (χ0v) is 16.5. The van der Waals surface area contributed by atoms with Crippen LogP contribution in [0.25, 0.3) is 0 Å². The fourth-order valence-corrected chi connectivity index (χ4v) is 2.99. The average molecular weight is 400 g/mol. The maximum absolute atomic E-state index is 12.5. The molecule has 0 bridgehead atoms. The number of rotatable bonds is 6. The van der Waals surface area contributed by atoms with Crippen LogP contribution in [0.15, 0.2) is 48.5 Å². The molecule has 0 amide bonds. The minimum atomic E-state index is -1.21. The molecule has 0 spiro atoms. The summed E-state index contributed by atoms with van der Waals surface area (Å²) in [6, 6.07) is 13.8. The number of benzene rings is 2. The number of esters is 2. The van der Waals surface area contributed by atoms with E-state index < -0.39 is 36.5 Å². The molecule has 0 radical (unpaired) electrons. The normalized spacial score (nSPS) is 23.6. The van der Waals surface area contributed by atoms with Gasteiger partial charge in [0.05, 0.1) is 11.1 Å². The van der Waals surface area contributed by atoms with Crippen molar-refractivity contribution in [3.63, 3.8) is 0 Å². The lowest BCUT2D eigenvalue weighted by molar-refractivity contribution is -0.153. The molecule has 1 aliphatic rings. The first-order chi connectivity index (χ1) is 13.9. The Kier molecular flexibility index (Phi) is 6.64. The van der Waals surface area contributed by atoms with Crippen molar-refractivity contribution in [3.8, 4) is 0 Å². The Morgan fingerprint density at radius 3 is 1.97 bits per heavy atom. The van der Waals surface area contributed by atoms with Gasteiger partial charge in [0, 0.05) is 7.11 Å². The van der Waals surface area contributed by atoms with Gasteiger partial charge in [0.2, 0.25) is 0 Å². The lowest BCUT2D eigenvalue weighted by Gasteiger charge is -2.20. The van der Waals surface area contributed by atoms with Crippen LogP contribution in [0.5, 0.6) is 0 Å². The van der Waals surface area contributed by atoms with Crippen molar-refractivity contribution in [3.05, 3.63) is 70.8 Å². The molecular formula is C22H24O7. The van der Waals surface area contributed by atoms with Crippen molar-refractivity contribution in [2.75, 3.05) is 13.7 Å². The van der Waals surface area contributed by atoms with Crippen LogP contribution in [0, 0.1) is 13.8 Å². The van der Waals surface area contributed by atoms with Crippen LogP contribution in [-0.4, -0.2) is 55.4 Å². The molecule has 1 heterocycles. The van der Waals surface area contributed by atoms with E-state index in [0.717, 1.165) is 11.1 Å². The lowest BCUT2D eigenvalue weighted by Crippen LogP contribution is -2.39. The summed E-state index contributed by atoms with van der Waals surface area (Å²) in [6.07, 6.45) is -4.11. The van der Waals surface area contributed by atoms with E-state index in [1.54, 1.807) is 48.5 Å². The first-order valence-corrected chi connectivity index (χ1v) is 9.27. The van der Waals surface area contributed by atoms with Crippen molar-refractivity contribution in [2.24, 2.45) is 0 Å². The molecule has 7 nitrogen and oxygen atoms in total. The molecule has 29 heavy (non-hydrogen) atoms. The smallest absolute Gasteiger partial charge is 0.338 e. The predicted molar refractivity (Wildman–Crippen MR) is 104 cm³/mol. The van der Waals surface area contributed by atoms with Crippen LogP contribution in [0.1, 0.15) is 31.8 Å². The molecule has 3 rings (SSSR count). The van der Waals surface area contributed by atoms with Gasteiger partial charge >= 0.3 is 11.9 Å². The van der Waals surface area contributed by atoms with Crippen molar-refractivity contribution in [2.45, 2.75) is 38.4 Å². The molecule has 1 aliphatic heterocycles. The van der Waals surface area contributed by atoms with E-state index in [0.29, 0.717) is 11.1 Å². The maximum atomic E-state index is 12.5. The Morgan fingerprint density at radius 2 is 1.45 bits per heavy atom. The fraction of sp³-hybridized carbons (Fsp3) is 0.364. The Hall–Kier alpha value is -2.74. The van der Waals surface area contributed by atoms with E-state index in [1.165, 1.54) is 7.11 Å². The molecular weight excluding hydrogens is 376 g/mol. The van der Waals surface area contributed by atoms with E-state index >= 15 is 0 Å². The molecule has 0 aliphatic carbocycles. The van der Waals surface area contributed by atoms with Crippen molar-refractivity contribution >= 4 is 11.9 Å². The van der Waals surface area contributed by atoms with Gasteiger partial charge < -0.3 is 24.1 Å². The molecule has 0 aromatic heterocycles. The highest BCUT2D eigenvalue weighted by Crippen LogP contribution is 2.26. The van der Waals surface area contributed by atoms with Crippen molar-refractivity contribution < 1.29 is 33.6 Å². The standard InChI is InChI=1S/C22H24O7/c1-13-4-8-15(9-5-13)20(24)27-12-17-19(18(23)22(26-3)28-17)29-21(25)16-10-6-14(2)7-11-16/h4-11,17-19,22-23H,12H2,1-3H3/t17-,18-,19+,22?/m1/s1. The Bertz CT molecular complexity index is 844. The van der Waals surface area contributed by atoms with Gasteiger partial charge in [0.15, 0.2) is 12.4 Å². The summed E-state index contributed by atoms with van der Waals surface area (Å²) in [5, 5.41) is 10.4. The molecule has 0 saturated carbocycles. The number of aliphatic hydroxyl groups excluding tert-OH is 1. The second kappa shape index (κ2) is 9.17. The zero-order chi connectivity index (χ0) is 21.0. The number of hydrogen-bond acceptors (Lipinski definition) is 7. The summed E-state index contributed by atoms with van der Waals surface area (Å²) in [5.41, 5.74) is 2.77. The van der Waals surface area contributed by atoms with E-state index in [1.807, 2.05) is 13.8 Å². The largest absolute Gasteiger partial charge is 0.459 e. The molecule has 2 aromatic carbocycles. The summed E-state index contributed by atoms with van der Waals surface area (Å²) < 4.78 is 21.4. The van der Waals surface area contributed by atoms with Crippen LogP contribution in [-0.2, 0) is 18.9 Å². The predicted octanol–water partition coefficient (Wildman–Crippen LogP) is 2.42. The van der Waals surface area contributed by atoms with Crippen LogP contribution in [0.4, 0.5) is 0 Å². The van der Waals surface area contributed by atoms with E-state index in [-0.39, 0.29) is 6.61 Å². The first kappa shape index (κ1) is 21.0. The van der Waals surface area contributed by atoms with Crippen LogP contribution in [0.3, 0.4) is 0 Å². The number of methoxy groups -OCH3 is 1. The van der Waals surface area contributed by atoms with Crippen LogP contribution in [0.2, 0.25) is 0 Å². The van der Waals surface area contributed by atoms with Crippen LogP contribution >= 0.6 is 0 Å². The number of aliphatic hydroxyl groups is 1. The Balaban J connectivity index is 1.66. The number of ether oxygens (including phenoxy) is 4. The summed E-state index contributed by atoms with van der Waals surface area (Å²) in [6.45, 7) is 3.63. The summed E-state index contributed by atoms with van der Waals surface area (Å²) in [7, 11) is 1.37. The van der Waals surface area contributed by atoms with Gasteiger partial charge in [-0.2, -0.15) is 0 Å². The van der Waals surface area contributed by atoms with Gasteiger partial charge in [-0.15, -0.1) is 0 Å². The number of aryl methyl sites for hydroxylation is 2. The monoisotopic (exact) mass is 400 g/mol. The van der Waals surface area contributed by atoms with Crippen molar-refractivity contribution in [1.29, 1.82) is 0 Å². The van der Waals surface area contributed by atoms with Gasteiger partial charge in [-0.25, -0.2) is 9.59 Å². The van der Waals surface area contributed by atoms with Gasteiger partial charge in [-0.3, -0.25) is 0 Å². The topological polar surface area (TPSA) is 91.3 Å². The quantitative estimate of drug-likeness (QED) is 0.745. The van der Waals surface area contributed by atoms with E-state index in [4.69, 9.17) is 18.9 Å². The zero-order valence-electron chi connectivity index (χ0n) is 16.5. The van der Waals surface area contributed by atoms with E-state index in [2.05, 4.69) is 0 Å². The van der Waals surface area contributed by atoms with E-state index in [9.17, 15) is 14.7 Å². The SMILES string of the molecule is COC1O[C@H](COC(=O)c2ccc(C)cc2)[C@H](OC(=O)c2ccc(C)cc2)[C@H]1O. The lowest BCUT2D eigenvalue weighted by atomic mass is 10.1. The fourth-order valence-electron chi connectivity index (χ4n) is 2.99. The summed E-state index contributed by atoms with van der Waals surface area (Å²) in [4.78, 5) is 24.7. The third-order valence-electron chi connectivity index (χ3n) is 4.72. The number of hydrogen-bond donors (Lipinski definition) is 1. The molecule has 1 saturated heterocycles.